The van der Waals surface area contributed by atoms with Crippen LogP contribution in [0.1, 0.15) is 16.0 Å². The van der Waals surface area contributed by atoms with Gasteiger partial charge in [-0.05, 0) is 35.0 Å². The highest BCUT2D eigenvalue weighted by atomic mass is 79.9. The van der Waals surface area contributed by atoms with Crippen molar-refractivity contribution < 1.29 is 4.74 Å². The van der Waals surface area contributed by atoms with Crippen LogP contribution in [0.15, 0.2) is 34.1 Å². The molecule has 2 rings (SSSR count). The number of thiophene rings is 1. The zero-order chi connectivity index (χ0) is 12.3. The summed E-state index contributed by atoms with van der Waals surface area (Å²) in [4.78, 5) is 1.22. The van der Waals surface area contributed by atoms with Crippen LogP contribution in [0.5, 0.6) is 5.75 Å². The Morgan fingerprint density at radius 3 is 2.76 bits per heavy atom. The molecule has 0 spiro atoms. The Balaban J connectivity index is 2.08. The lowest BCUT2D eigenvalue weighted by atomic mass is 10.1. The topological polar surface area (TPSA) is 9.23 Å². The lowest BCUT2D eigenvalue weighted by Crippen LogP contribution is -1.96. The van der Waals surface area contributed by atoms with Crippen LogP contribution in [0, 0.1) is 6.92 Å². The first kappa shape index (κ1) is 13.1. The maximum Gasteiger partial charge on any atom is 0.123 e. The van der Waals surface area contributed by atoms with E-state index < -0.39 is 0 Å². The van der Waals surface area contributed by atoms with Crippen LogP contribution < -0.4 is 4.74 Å². The van der Waals surface area contributed by atoms with E-state index in [9.17, 15) is 0 Å². The van der Waals surface area contributed by atoms with Gasteiger partial charge in [0.15, 0.2) is 0 Å². The zero-order valence-electron chi connectivity index (χ0n) is 9.37. The summed E-state index contributed by atoms with van der Waals surface area (Å²) < 4.78 is 6.96. The summed E-state index contributed by atoms with van der Waals surface area (Å²) >= 11 is 8.63. The molecule has 0 saturated heterocycles. The Morgan fingerprint density at radius 2 is 2.12 bits per heavy atom. The highest BCUT2D eigenvalue weighted by molar-refractivity contribution is 9.10. The van der Waals surface area contributed by atoms with Crippen LogP contribution in [0.3, 0.4) is 0 Å². The molecule has 1 heterocycles. The summed E-state index contributed by atoms with van der Waals surface area (Å²) in [6.45, 7) is 2.71. The number of ether oxygens (including phenoxy) is 1. The molecule has 0 unspecified atom stereocenters. The SMILES string of the molecule is Cc1ccc(OCc2cc(Br)cs2)c(CBr)c1. The van der Waals surface area contributed by atoms with Gasteiger partial charge in [0.25, 0.3) is 0 Å². The molecular weight excluding hydrogens is 364 g/mol. The van der Waals surface area contributed by atoms with Crippen molar-refractivity contribution in [2.45, 2.75) is 18.9 Å². The number of aryl methyl sites for hydroxylation is 1. The van der Waals surface area contributed by atoms with Gasteiger partial charge >= 0.3 is 0 Å². The normalized spacial score (nSPS) is 10.5. The molecule has 17 heavy (non-hydrogen) atoms. The van der Waals surface area contributed by atoms with Gasteiger partial charge in [0, 0.05) is 25.6 Å². The molecule has 0 bridgehead atoms. The van der Waals surface area contributed by atoms with Crippen LogP contribution in [-0.4, -0.2) is 0 Å². The fourth-order valence-electron chi connectivity index (χ4n) is 1.53. The van der Waals surface area contributed by atoms with Crippen molar-refractivity contribution >= 4 is 43.2 Å². The molecule has 1 nitrogen and oxygen atoms in total. The minimum atomic E-state index is 0.624. The summed E-state index contributed by atoms with van der Waals surface area (Å²) in [7, 11) is 0. The van der Waals surface area contributed by atoms with Crippen molar-refractivity contribution in [1.29, 1.82) is 0 Å². The van der Waals surface area contributed by atoms with Gasteiger partial charge in [0.1, 0.15) is 12.4 Å². The summed E-state index contributed by atoms with van der Waals surface area (Å²) in [5, 5.41) is 2.89. The molecule has 0 aliphatic carbocycles. The number of rotatable bonds is 4. The van der Waals surface area contributed by atoms with Gasteiger partial charge < -0.3 is 4.74 Å². The Hall–Kier alpha value is -0.320. The highest BCUT2D eigenvalue weighted by Crippen LogP contribution is 2.25. The molecule has 0 radical (unpaired) electrons. The van der Waals surface area contributed by atoms with Crippen molar-refractivity contribution in [3.05, 3.63) is 50.1 Å². The Labute approximate surface area is 122 Å². The van der Waals surface area contributed by atoms with Crippen LogP contribution in [-0.2, 0) is 11.9 Å². The summed E-state index contributed by atoms with van der Waals surface area (Å²) in [5.74, 6) is 0.956. The van der Waals surface area contributed by atoms with Crippen LogP contribution in [0.4, 0.5) is 0 Å². The number of hydrogen-bond acceptors (Lipinski definition) is 2. The maximum atomic E-state index is 5.84. The van der Waals surface area contributed by atoms with Crippen molar-refractivity contribution in [2.75, 3.05) is 0 Å². The smallest absolute Gasteiger partial charge is 0.123 e. The van der Waals surface area contributed by atoms with Gasteiger partial charge in [-0.3, -0.25) is 0 Å². The minimum Gasteiger partial charge on any atom is -0.488 e. The van der Waals surface area contributed by atoms with Gasteiger partial charge in [-0.2, -0.15) is 0 Å². The quantitative estimate of drug-likeness (QED) is 0.659. The van der Waals surface area contributed by atoms with E-state index in [0.717, 1.165) is 15.6 Å². The second kappa shape index (κ2) is 6.03. The molecule has 1 aromatic carbocycles. The lowest BCUT2D eigenvalue weighted by Gasteiger charge is -2.09. The molecular formula is C13H12Br2OS. The summed E-state index contributed by atoms with van der Waals surface area (Å²) in [5.41, 5.74) is 2.45. The molecule has 0 amide bonds. The van der Waals surface area contributed by atoms with E-state index in [0.29, 0.717) is 6.61 Å². The second-order valence-corrected chi connectivity index (χ2v) is 6.24. The molecule has 0 aliphatic heterocycles. The Bertz CT molecular complexity index is 508. The van der Waals surface area contributed by atoms with Crippen molar-refractivity contribution in [3.8, 4) is 5.75 Å². The first-order valence-corrected chi connectivity index (χ1v) is 7.99. The number of hydrogen-bond donors (Lipinski definition) is 0. The van der Waals surface area contributed by atoms with E-state index >= 15 is 0 Å². The monoisotopic (exact) mass is 374 g/mol. The van der Waals surface area contributed by atoms with Crippen molar-refractivity contribution in [1.82, 2.24) is 0 Å². The van der Waals surface area contributed by atoms with Gasteiger partial charge in [0.2, 0.25) is 0 Å². The van der Waals surface area contributed by atoms with Crippen LogP contribution in [0.2, 0.25) is 0 Å². The van der Waals surface area contributed by atoms with E-state index in [1.54, 1.807) is 11.3 Å². The van der Waals surface area contributed by atoms with Crippen LogP contribution >= 0.6 is 43.2 Å². The van der Waals surface area contributed by atoms with Crippen molar-refractivity contribution in [2.24, 2.45) is 0 Å². The van der Waals surface area contributed by atoms with E-state index in [1.165, 1.54) is 16.0 Å². The number of alkyl halides is 1. The first-order valence-electron chi connectivity index (χ1n) is 5.20. The van der Waals surface area contributed by atoms with Crippen LogP contribution in [0.25, 0.3) is 0 Å². The molecule has 90 valence electrons. The standard InChI is InChI=1S/C13H12Br2OS/c1-9-2-3-13(10(4-9)6-14)16-7-12-5-11(15)8-17-12/h2-5,8H,6-7H2,1H3. The molecule has 0 N–H and O–H groups in total. The van der Waals surface area contributed by atoms with E-state index in [2.05, 4.69) is 62.4 Å². The summed E-state index contributed by atoms with van der Waals surface area (Å²) in [6, 6.07) is 8.35. The molecule has 1 aromatic heterocycles. The van der Waals surface area contributed by atoms with E-state index in [1.807, 2.05) is 6.07 Å². The molecule has 0 fully saturated rings. The fourth-order valence-corrected chi connectivity index (χ4v) is 3.33. The fraction of sp³-hybridized carbons (Fsp3) is 0.231. The van der Waals surface area contributed by atoms with E-state index in [-0.39, 0.29) is 0 Å². The largest absolute Gasteiger partial charge is 0.488 e. The van der Waals surface area contributed by atoms with Gasteiger partial charge in [-0.15, -0.1) is 11.3 Å². The predicted molar refractivity (Wildman–Crippen MR) is 80.2 cm³/mol. The molecule has 0 saturated carbocycles. The number of halogens is 2. The van der Waals surface area contributed by atoms with Crippen molar-refractivity contribution in [3.63, 3.8) is 0 Å². The Kier molecular flexibility index (Phi) is 4.65. The van der Waals surface area contributed by atoms with Gasteiger partial charge in [0.05, 0.1) is 0 Å². The molecule has 0 aliphatic rings. The molecule has 4 heteroatoms. The molecule has 2 aromatic rings. The van der Waals surface area contributed by atoms with Gasteiger partial charge in [-0.1, -0.05) is 33.6 Å². The molecule has 0 atom stereocenters. The second-order valence-electron chi connectivity index (χ2n) is 3.76. The average molecular weight is 376 g/mol. The summed E-state index contributed by atoms with van der Waals surface area (Å²) in [6.07, 6.45) is 0. The highest BCUT2D eigenvalue weighted by Gasteiger charge is 2.04. The predicted octanol–water partition coefficient (Wildman–Crippen LogP) is 5.29. The maximum absolute atomic E-state index is 5.84. The number of benzene rings is 1. The Morgan fingerprint density at radius 1 is 1.29 bits per heavy atom. The lowest BCUT2D eigenvalue weighted by molar-refractivity contribution is 0.307. The zero-order valence-corrected chi connectivity index (χ0v) is 13.4. The average Bonchev–Trinajstić information content (AvgIpc) is 2.73. The third-order valence-electron chi connectivity index (χ3n) is 2.35. The van der Waals surface area contributed by atoms with Gasteiger partial charge in [-0.25, -0.2) is 0 Å². The van der Waals surface area contributed by atoms with E-state index in [4.69, 9.17) is 4.74 Å². The third-order valence-corrected chi connectivity index (χ3v) is 4.63. The third kappa shape index (κ3) is 3.57. The minimum absolute atomic E-state index is 0.624. The first-order chi connectivity index (χ1) is 8.19.